The van der Waals surface area contributed by atoms with Crippen LogP contribution >= 0.6 is 11.3 Å². The molecule has 0 radical (unpaired) electrons. The molecule has 0 fully saturated rings. The number of para-hydroxylation sites is 2. The molecule has 0 saturated heterocycles. The van der Waals surface area contributed by atoms with Gasteiger partial charge in [-0.2, -0.15) is 0 Å². The molecule has 0 aliphatic heterocycles. The molecule has 0 amide bonds. The number of furan rings is 1. The number of rotatable bonds is 5. The number of anilines is 3. The average Bonchev–Trinajstić information content (AvgIpc) is 3.88. The van der Waals surface area contributed by atoms with Crippen LogP contribution in [0, 0.1) is 5.82 Å². The van der Waals surface area contributed by atoms with Crippen LogP contribution in [-0.2, 0) is 0 Å². The number of hydrogen-bond donors (Lipinski definition) is 0. The van der Waals surface area contributed by atoms with Crippen LogP contribution in [0.2, 0.25) is 0 Å². The van der Waals surface area contributed by atoms with Gasteiger partial charge >= 0.3 is 0 Å². The highest BCUT2D eigenvalue weighted by molar-refractivity contribution is 7.25. The SMILES string of the molecule is Fc1ccc(-n2c3ccccc3c3cc(-c4ccc(N(c5ccc6c(c5)sc5ccccc56)c5cccc6oc7ccccc7c56)cc4)ccc32)cc1. The van der Waals surface area contributed by atoms with Gasteiger partial charge in [-0.05, 0) is 102 Å². The lowest BCUT2D eigenvalue weighted by atomic mass is 10.0. The first-order valence-electron chi connectivity index (χ1n) is 17.7. The highest BCUT2D eigenvalue weighted by atomic mass is 32.1. The summed E-state index contributed by atoms with van der Waals surface area (Å²) in [5.74, 6) is -0.241. The van der Waals surface area contributed by atoms with E-state index < -0.39 is 0 Å². The molecule has 11 aromatic rings. The molecule has 0 spiro atoms. The third kappa shape index (κ3) is 4.71. The second-order valence-electron chi connectivity index (χ2n) is 13.5. The number of nitrogens with zero attached hydrogens (tertiary/aromatic N) is 2. The molecule has 0 atom stereocenters. The van der Waals surface area contributed by atoms with E-state index in [2.05, 4.69) is 149 Å². The van der Waals surface area contributed by atoms with E-state index in [1.807, 2.05) is 35.6 Å². The minimum atomic E-state index is -0.241. The van der Waals surface area contributed by atoms with Crippen molar-refractivity contribution < 1.29 is 8.81 Å². The highest BCUT2D eigenvalue weighted by Crippen LogP contribution is 2.45. The van der Waals surface area contributed by atoms with E-state index in [9.17, 15) is 4.39 Å². The van der Waals surface area contributed by atoms with Crippen LogP contribution in [-0.4, -0.2) is 4.57 Å². The summed E-state index contributed by atoms with van der Waals surface area (Å²) in [6.07, 6.45) is 0. The van der Waals surface area contributed by atoms with Crippen molar-refractivity contribution in [3.63, 3.8) is 0 Å². The molecule has 11 rings (SSSR count). The number of thiophene rings is 1. The van der Waals surface area contributed by atoms with E-state index >= 15 is 0 Å². The van der Waals surface area contributed by atoms with Gasteiger partial charge in [-0.3, -0.25) is 0 Å². The van der Waals surface area contributed by atoms with Crippen LogP contribution < -0.4 is 4.90 Å². The predicted octanol–water partition coefficient (Wildman–Crippen LogP) is 14.3. The summed E-state index contributed by atoms with van der Waals surface area (Å²) in [5, 5.41) is 7.06. The Hall–Kier alpha value is -6.69. The molecule has 3 nitrogen and oxygen atoms in total. The topological polar surface area (TPSA) is 21.3 Å². The first-order valence-corrected chi connectivity index (χ1v) is 18.5. The van der Waals surface area contributed by atoms with Gasteiger partial charge in [0, 0.05) is 53.4 Å². The van der Waals surface area contributed by atoms with Crippen molar-refractivity contribution in [3.05, 3.63) is 182 Å². The van der Waals surface area contributed by atoms with E-state index in [1.165, 1.54) is 32.3 Å². The van der Waals surface area contributed by atoms with E-state index in [0.717, 1.165) is 77.6 Å². The van der Waals surface area contributed by atoms with Crippen molar-refractivity contribution in [1.82, 2.24) is 4.57 Å². The second kappa shape index (κ2) is 11.7. The number of aromatic nitrogens is 1. The van der Waals surface area contributed by atoms with Crippen LogP contribution in [0.3, 0.4) is 0 Å². The number of hydrogen-bond acceptors (Lipinski definition) is 3. The number of fused-ring (bicyclic) bond motifs is 9. The number of halogens is 1. The fraction of sp³-hybridized carbons (Fsp3) is 0. The van der Waals surface area contributed by atoms with E-state index in [1.54, 1.807) is 0 Å². The van der Waals surface area contributed by atoms with Gasteiger partial charge in [0.25, 0.3) is 0 Å². The van der Waals surface area contributed by atoms with Crippen molar-refractivity contribution in [3.8, 4) is 16.8 Å². The lowest BCUT2D eigenvalue weighted by Gasteiger charge is -2.26. The van der Waals surface area contributed by atoms with Crippen LogP contribution in [0.5, 0.6) is 0 Å². The van der Waals surface area contributed by atoms with Gasteiger partial charge in [-0.15, -0.1) is 11.3 Å². The van der Waals surface area contributed by atoms with Crippen molar-refractivity contribution in [2.45, 2.75) is 0 Å². The normalized spacial score (nSPS) is 11.9. The Labute approximate surface area is 308 Å². The van der Waals surface area contributed by atoms with Crippen molar-refractivity contribution in [1.29, 1.82) is 0 Å². The van der Waals surface area contributed by atoms with Gasteiger partial charge in [0.2, 0.25) is 0 Å². The van der Waals surface area contributed by atoms with Gasteiger partial charge in [0.05, 0.1) is 22.1 Å². The maximum atomic E-state index is 13.9. The summed E-state index contributed by atoms with van der Waals surface area (Å²) < 4.78 is 25.0. The molecular formula is C48H29FN2OS. The first-order chi connectivity index (χ1) is 26.2. The summed E-state index contributed by atoms with van der Waals surface area (Å²) in [5.41, 5.74) is 10.3. The monoisotopic (exact) mass is 700 g/mol. The van der Waals surface area contributed by atoms with Gasteiger partial charge in [-0.1, -0.05) is 84.9 Å². The minimum Gasteiger partial charge on any atom is -0.456 e. The Bertz CT molecular complexity index is 3190. The largest absolute Gasteiger partial charge is 0.456 e. The molecule has 0 aliphatic rings. The van der Waals surface area contributed by atoms with Crippen LogP contribution in [0.15, 0.2) is 180 Å². The second-order valence-corrected chi connectivity index (χ2v) is 14.6. The minimum absolute atomic E-state index is 0.241. The molecule has 250 valence electrons. The maximum Gasteiger partial charge on any atom is 0.137 e. The van der Waals surface area contributed by atoms with Crippen LogP contribution in [0.1, 0.15) is 0 Å². The van der Waals surface area contributed by atoms with E-state index in [-0.39, 0.29) is 5.82 Å². The predicted molar refractivity (Wildman–Crippen MR) is 221 cm³/mol. The molecular weight excluding hydrogens is 672 g/mol. The van der Waals surface area contributed by atoms with Crippen LogP contribution in [0.25, 0.3) is 80.7 Å². The van der Waals surface area contributed by atoms with Gasteiger partial charge < -0.3 is 13.9 Å². The van der Waals surface area contributed by atoms with E-state index in [0.29, 0.717) is 0 Å². The average molecular weight is 701 g/mol. The lowest BCUT2D eigenvalue weighted by Crippen LogP contribution is -2.10. The third-order valence-corrected chi connectivity index (χ3v) is 11.6. The summed E-state index contributed by atoms with van der Waals surface area (Å²) in [7, 11) is 0. The van der Waals surface area contributed by atoms with Gasteiger partial charge in [0.15, 0.2) is 0 Å². The zero-order chi connectivity index (χ0) is 35.0. The molecule has 0 N–H and O–H groups in total. The highest BCUT2D eigenvalue weighted by Gasteiger charge is 2.21. The fourth-order valence-corrected chi connectivity index (χ4v) is 9.19. The summed E-state index contributed by atoms with van der Waals surface area (Å²) in [4.78, 5) is 2.36. The Morgan fingerprint density at radius 1 is 0.472 bits per heavy atom. The zero-order valence-electron chi connectivity index (χ0n) is 28.3. The Morgan fingerprint density at radius 2 is 1.15 bits per heavy atom. The molecule has 0 unspecified atom stereocenters. The summed E-state index contributed by atoms with van der Waals surface area (Å²) in [6, 6.07) is 60.7. The molecule has 8 aromatic carbocycles. The van der Waals surface area contributed by atoms with Gasteiger partial charge in [-0.25, -0.2) is 4.39 Å². The van der Waals surface area contributed by atoms with Crippen molar-refractivity contribution in [2.24, 2.45) is 0 Å². The molecule has 5 heteroatoms. The summed E-state index contributed by atoms with van der Waals surface area (Å²) >= 11 is 1.83. The Morgan fingerprint density at radius 3 is 2.02 bits per heavy atom. The molecule has 0 saturated carbocycles. The zero-order valence-corrected chi connectivity index (χ0v) is 29.1. The van der Waals surface area contributed by atoms with Gasteiger partial charge in [0.1, 0.15) is 17.0 Å². The Balaban J connectivity index is 1.07. The molecule has 3 heterocycles. The molecule has 0 bridgehead atoms. The molecule has 53 heavy (non-hydrogen) atoms. The standard InChI is InChI=1S/C48H29FN2OS/c49-32-19-23-34(24-20-32)51-41-11-4-1-8-36(41)40-28-31(18-27-42(40)51)30-16-21-33(22-17-30)50(35-25-26-38-37-9-3-6-15-46(37)53-47(38)29-35)43-12-7-14-45-48(43)39-10-2-5-13-44(39)52-45/h1-29H. The lowest BCUT2D eigenvalue weighted by molar-refractivity contribution is 0.627. The van der Waals surface area contributed by atoms with E-state index in [4.69, 9.17) is 4.42 Å². The quantitative estimate of drug-likeness (QED) is 0.178. The molecule has 3 aromatic heterocycles. The third-order valence-electron chi connectivity index (χ3n) is 10.5. The van der Waals surface area contributed by atoms with Crippen LogP contribution in [0.4, 0.5) is 21.5 Å². The Kier molecular flexibility index (Phi) is 6.60. The molecule has 0 aliphatic carbocycles. The smallest absolute Gasteiger partial charge is 0.137 e. The van der Waals surface area contributed by atoms with Crippen molar-refractivity contribution >= 4 is 92.3 Å². The first kappa shape index (κ1) is 30.0. The fourth-order valence-electron chi connectivity index (χ4n) is 8.05. The maximum absolute atomic E-state index is 13.9. The summed E-state index contributed by atoms with van der Waals surface area (Å²) in [6.45, 7) is 0. The van der Waals surface area contributed by atoms with Crippen molar-refractivity contribution in [2.75, 3.05) is 4.90 Å². The number of benzene rings is 8.